The summed E-state index contributed by atoms with van der Waals surface area (Å²) in [6.45, 7) is 4.32. The maximum absolute atomic E-state index is 10.7. The Labute approximate surface area is 103 Å². The molecule has 0 heterocycles. The normalized spacial score (nSPS) is 16.8. The molecule has 0 amide bonds. The fourth-order valence-electron chi connectivity index (χ4n) is 1.99. The molecule has 2 unspecified atom stereocenters. The topological polar surface area (TPSA) is 20.2 Å². The lowest BCUT2D eigenvalue weighted by Crippen LogP contribution is -2.28. The molecule has 1 N–H and O–H groups in total. The van der Waals surface area contributed by atoms with E-state index in [-0.39, 0.29) is 0 Å². The average Bonchev–Trinajstić information content (AvgIpc) is 2.30. The largest absolute Gasteiger partial charge is 0.385 e. The monoisotopic (exact) mass is 240 g/mol. The summed E-state index contributed by atoms with van der Waals surface area (Å²) in [6.07, 6.45) is 2.47. The van der Waals surface area contributed by atoms with E-state index in [1.165, 1.54) is 0 Å². The molecule has 1 nitrogen and oxygen atoms in total. The zero-order valence-corrected chi connectivity index (χ0v) is 10.9. The highest BCUT2D eigenvalue weighted by molar-refractivity contribution is 6.17. The summed E-state index contributed by atoms with van der Waals surface area (Å²) in [5.41, 5.74) is 0.217. The molecule has 2 heteroatoms. The first kappa shape index (κ1) is 13.5. The predicted octanol–water partition coefficient (Wildman–Crippen LogP) is 3.94. The quantitative estimate of drug-likeness (QED) is 0.747. The zero-order valence-electron chi connectivity index (χ0n) is 10.1. The summed E-state index contributed by atoms with van der Waals surface area (Å²) in [4.78, 5) is 0. The minimum absolute atomic E-state index is 0.488. The van der Waals surface area contributed by atoms with Gasteiger partial charge in [-0.2, -0.15) is 0 Å². The van der Waals surface area contributed by atoms with Crippen LogP contribution in [0.3, 0.4) is 0 Å². The van der Waals surface area contributed by atoms with Gasteiger partial charge in [0, 0.05) is 5.88 Å². The van der Waals surface area contributed by atoms with Gasteiger partial charge in [0.15, 0.2) is 0 Å². The van der Waals surface area contributed by atoms with E-state index < -0.39 is 5.60 Å². The number of hydrogen-bond acceptors (Lipinski definition) is 1. The van der Waals surface area contributed by atoms with E-state index in [4.69, 9.17) is 11.6 Å². The molecule has 1 aromatic rings. The van der Waals surface area contributed by atoms with Crippen molar-refractivity contribution in [2.45, 2.75) is 38.7 Å². The van der Waals surface area contributed by atoms with Gasteiger partial charge in [0.2, 0.25) is 0 Å². The summed E-state index contributed by atoms with van der Waals surface area (Å²) in [7, 11) is 0. The van der Waals surface area contributed by atoms with Gasteiger partial charge in [0.05, 0.1) is 5.60 Å². The number of aliphatic hydroxyl groups is 1. The highest BCUT2D eigenvalue weighted by Gasteiger charge is 2.29. The summed E-state index contributed by atoms with van der Waals surface area (Å²) in [5.74, 6) is 0.996. The van der Waals surface area contributed by atoms with Crippen LogP contribution in [0.25, 0.3) is 0 Å². The van der Waals surface area contributed by atoms with Gasteiger partial charge < -0.3 is 5.11 Å². The molecule has 1 aromatic carbocycles. The molecule has 0 aliphatic heterocycles. The molecular formula is C14H21ClO. The predicted molar refractivity (Wildman–Crippen MR) is 69.7 cm³/mol. The van der Waals surface area contributed by atoms with Crippen LogP contribution in [0.5, 0.6) is 0 Å². The molecule has 0 bridgehead atoms. The van der Waals surface area contributed by atoms with Crippen LogP contribution in [0.4, 0.5) is 0 Å². The van der Waals surface area contributed by atoms with Crippen molar-refractivity contribution in [3.63, 3.8) is 0 Å². The molecule has 1 rings (SSSR count). The van der Waals surface area contributed by atoms with E-state index in [1.54, 1.807) is 0 Å². The van der Waals surface area contributed by atoms with E-state index in [9.17, 15) is 5.11 Å². The molecule has 0 spiro atoms. The Hall–Kier alpha value is -0.530. The van der Waals surface area contributed by atoms with Crippen molar-refractivity contribution in [1.29, 1.82) is 0 Å². The van der Waals surface area contributed by atoms with Crippen LogP contribution < -0.4 is 0 Å². The summed E-state index contributed by atoms with van der Waals surface area (Å²) >= 11 is 5.80. The first-order chi connectivity index (χ1) is 7.62. The summed E-state index contributed by atoms with van der Waals surface area (Å²) in [6, 6.07) is 9.86. The Bertz CT molecular complexity index is 299. The van der Waals surface area contributed by atoms with E-state index in [1.807, 2.05) is 30.3 Å². The van der Waals surface area contributed by atoms with Gasteiger partial charge in [-0.15, -0.1) is 11.6 Å². The highest BCUT2D eigenvalue weighted by atomic mass is 35.5. The van der Waals surface area contributed by atoms with Gasteiger partial charge in [-0.05, 0) is 24.3 Å². The maximum Gasteiger partial charge on any atom is 0.0910 e. The molecule has 0 saturated heterocycles. The molecule has 2 atom stereocenters. The van der Waals surface area contributed by atoms with E-state index in [0.29, 0.717) is 18.2 Å². The van der Waals surface area contributed by atoms with Crippen LogP contribution in [0, 0.1) is 5.92 Å². The molecule has 16 heavy (non-hydrogen) atoms. The van der Waals surface area contributed by atoms with Crippen LogP contribution in [-0.2, 0) is 5.60 Å². The van der Waals surface area contributed by atoms with Crippen LogP contribution in [0.2, 0.25) is 0 Å². The van der Waals surface area contributed by atoms with Gasteiger partial charge >= 0.3 is 0 Å². The molecule has 0 aliphatic carbocycles. The van der Waals surface area contributed by atoms with Gasteiger partial charge in [-0.1, -0.05) is 50.6 Å². The van der Waals surface area contributed by atoms with E-state index in [2.05, 4.69) is 13.8 Å². The van der Waals surface area contributed by atoms with Gasteiger partial charge in [0.1, 0.15) is 0 Å². The zero-order chi connectivity index (χ0) is 12.0. The van der Waals surface area contributed by atoms with Crippen LogP contribution >= 0.6 is 11.6 Å². The van der Waals surface area contributed by atoms with Crippen molar-refractivity contribution in [1.82, 2.24) is 0 Å². The number of alkyl halides is 1. The second kappa shape index (κ2) is 6.27. The Morgan fingerprint density at radius 1 is 1.31 bits per heavy atom. The number of benzene rings is 1. The van der Waals surface area contributed by atoms with Gasteiger partial charge in [-0.3, -0.25) is 0 Å². The molecule has 0 saturated carbocycles. The summed E-state index contributed by atoms with van der Waals surface area (Å²) < 4.78 is 0. The van der Waals surface area contributed by atoms with Crippen molar-refractivity contribution in [2.24, 2.45) is 5.92 Å². The van der Waals surface area contributed by atoms with Crippen LogP contribution in [0.15, 0.2) is 30.3 Å². The maximum atomic E-state index is 10.7. The molecule has 0 radical (unpaired) electrons. The minimum Gasteiger partial charge on any atom is -0.385 e. The minimum atomic E-state index is -0.765. The molecule has 0 fully saturated rings. The SMILES string of the molecule is CCC(C)CC(O)(CCCl)c1ccccc1. The fraction of sp³-hybridized carbons (Fsp3) is 0.571. The van der Waals surface area contributed by atoms with E-state index in [0.717, 1.165) is 18.4 Å². The number of halogens is 1. The van der Waals surface area contributed by atoms with Crippen molar-refractivity contribution in [3.05, 3.63) is 35.9 Å². The first-order valence-electron chi connectivity index (χ1n) is 5.96. The van der Waals surface area contributed by atoms with Crippen molar-refractivity contribution < 1.29 is 5.11 Å². The molecule has 0 aromatic heterocycles. The number of hydrogen-bond donors (Lipinski definition) is 1. The first-order valence-corrected chi connectivity index (χ1v) is 6.49. The fourth-order valence-corrected chi connectivity index (χ4v) is 2.30. The molecule has 0 aliphatic rings. The Kier molecular flexibility index (Phi) is 5.30. The highest BCUT2D eigenvalue weighted by Crippen LogP contribution is 2.33. The van der Waals surface area contributed by atoms with Crippen molar-refractivity contribution in [3.8, 4) is 0 Å². The second-order valence-corrected chi connectivity index (χ2v) is 4.93. The summed E-state index contributed by atoms with van der Waals surface area (Å²) in [5, 5.41) is 10.7. The second-order valence-electron chi connectivity index (χ2n) is 4.55. The average molecular weight is 241 g/mol. The Morgan fingerprint density at radius 3 is 2.44 bits per heavy atom. The Balaban J connectivity index is 2.88. The lowest BCUT2D eigenvalue weighted by atomic mass is 9.82. The van der Waals surface area contributed by atoms with Gasteiger partial charge in [-0.25, -0.2) is 0 Å². The van der Waals surface area contributed by atoms with Crippen LogP contribution in [-0.4, -0.2) is 11.0 Å². The van der Waals surface area contributed by atoms with E-state index >= 15 is 0 Å². The smallest absolute Gasteiger partial charge is 0.0910 e. The van der Waals surface area contributed by atoms with Gasteiger partial charge in [0.25, 0.3) is 0 Å². The van der Waals surface area contributed by atoms with Crippen molar-refractivity contribution in [2.75, 3.05) is 5.88 Å². The lowest BCUT2D eigenvalue weighted by molar-refractivity contribution is 0.00954. The van der Waals surface area contributed by atoms with Crippen molar-refractivity contribution >= 4 is 11.6 Å². The third-order valence-corrected chi connectivity index (χ3v) is 3.39. The third-order valence-electron chi connectivity index (χ3n) is 3.20. The lowest BCUT2D eigenvalue weighted by Gasteiger charge is -2.30. The van der Waals surface area contributed by atoms with Crippen LogP contribution in [0.1, 0.15) is 38.7 Å². The standard InChI is InChI=1S/C14H21ClO/c1-3-12(2)11-14(16,9-10-15)13-7-5-4-6-8-13/h4-8,12,16H,3,9-11H2,1-2H3. The molecule has 90 valence electrons. The Morgan fingerprint density at radius 2 is 1.94 bits per heavy atom. The number of rotatable bonds is 6. The third kappa shape index (κ3) is 3.50. The molecular weight excluding hydrogens is 220 g/mol.